The second kappa shape index (κ2) is 14.5. The van der Waals surface area contributed by atoms with E-state index in [9.17, 15) is 19.2 Å². The van der Waals surface area contributed by atoms with E-state index in [-0.39, 0.29) is 25.4 Å². The van der Waals surface area contributed by atoms with Crippen LogP contribution in [0, 0.1) is 12.8 Å². The molecule has 9 N–H and O–H groups in total. The predicted octanol–water partition coefficient (Wildman–Crippen LogP) is 2.94. The molecule has 0 radical (unpaired) electrons. The molecule has 1 unspecified atom stereocenters. The zero-order valence-electron chi connectivity index (χ0n) is 26.6. The van der Waals surface area contributed by atoms with Crippen LogP contribution in [-0.2, 0) is 19.2 Å². The van der Waals surface area contributed by atoms with Crippen LogP contribution in [0.15, 0.2) is 66.7 Å². The van der Waals surface area contributed by atoms with E-state index in [2.05, 4.69) is 10.2 Å². The van der Waals surface area contributed by atoms with E-state index in [0.717, 1.165) is 20.6 Å². The first-order valence-electron chi connectivity index (χ1n) is 14.7. The van der Waals surface area contributed by atoms with Crippen molar-refractivity contribution >= 4 is 40.8 Å². The molecule has 1 heterocycles. The number of nitrogens with one attached hydrogen (secondary N) is 1. The monoisotopic (exact) mass is 648 g/mol. The summed E-state index contributed by atoms with van der Waals surface area (Å²) < 4.78 is 10.8. The number of benzene rings is 3. The molecule has 0 saturated carbocycles. The molecule has 3 aromatic rings. The highest BCUT2D eigenvalue weighted by molar-refractivity contribution is 6.02. The minimum Gasteiger partial charge on any atom is -0.454 e. The number of para-hydroxylation sites is 1. The van der Waals surface area contributed by atoms with Crippen LogP contribution in [0.3, 0.4) is 0 Å². The van der Waals surface area contributed by atoms with Gasteiger partial charge >= 0.3 is 12.0 Å². The number of nitrogens with zero attached hydrogens (tertiary/aromatic N) is 3. The van der Waals surface area contributed by atoms with E-state index < -0.39 is 35.4 Å². The van der Waals surface area contributed by atoms with Gasteiger partial charge in [-0.25, -0.2) is 32.3 Å². The Morgan fingerprint density at radius 1 is 0.915 bits per heavy atom. The van der Waals surface area contributed by atoms with E-state index in [1.807, 2.05) is 19.1 Å². The van der Waals surface area contributed by atoms with Gasteiger partial charge in [-0.2, -0.15) is 5.90 Å². The maximum Gasteiger partial charge on any atom is 0.357 e. The molecule has 1 aliphatic rings. The van der Waals surface area contributed by atoms with Crippen molar-refractivity contribution in [2.45, 2.75) is 52.1 Å². The molecule has 0 aliphatic carbocycles. The van der Waals surface area contributed by atoms with Gasteiger partial charge in [-0.05, 0) is 74.4 Å². The first-order valence-corrected chi connectivity index (χ1v) is 14.7. The van der Waals surface area contributed by atoms with Crippen LogP contribution in [0.2, 0.25) is 0 Å². The topological polar surface area (TPSA) is 222 Å². The number of hydrazine groups is 3. The van der Waals surface area contributed by atoms with Gasteiger partial charge < -0.3 is 19.6 Å². The van der Waals surface area contributed by atoms with Gasteiger partial charge in [0.25, 0.3) is 0 Å². The molecule has 3 amide bonds. The lowest BCUT2D eigenvalue weighted by Gasteiger charge is -2.31. The van der Waals surface area contributed by atoms with Gasteiger partial charge in [0.15, 0.2) is 17.3 Å². The second-order valence-corrected chi connectivity index (χ2v) is 11.7. The number of hydrogen-bond acceptors (Lipinski definition) is 12. The molecule has 15 nitrogen and oxygen atoms in total. The van der Waals surface area contributed by atoms with Crippen LogP contribution in [0.5, 0.6) is 11.5 Å². The Morgan fingerprint density at radius 3 is 2.23 bits per heavy atom. The van der Waals surface area contributed by atoms with Crippen LogP contribution in [-0.4, -0.2) is 41.0 Å². The number of urea groups is 1. The number of fused-ring (bicyclic) bond motifs is 1. The number of hydrogen-bond donors (Lipinski definition) is 5. The lowest BCUT2D eigenvalue weighted by atomic mass is 9.90. The minimum absolute atomic E-state index is 0.0410. The number of anilines is 3. The molecule has 0 spiro atoms. The number of carbonyl (C=O) groups excluding carboxylic acids is 4. The van der Waals surface area contributed by atoms with Crippen molar-refractivity contribution in [2.75, 3.05) is 22.1 Å². The van der Waals surface area contributed by atoms with Gasteiger partial charge in [0.2, 0.25) is 12.7 Å². The molecule has 1 aliphatic heterocycles. The first-order chi connectivity index (χ1) is 22.2. The Balaban J connectivity index is 1.39. The Morgan fingerprint density at radius 2 is 1.57 bits per heavy atom. The van der Waals surface area contributed by atoms with Crippen molar-refractivity contribution in [1.29, 1.82) is 0 Å². The van der Waals surface area contributed by atoms with Crippen molar-refractivity contribution in [3.63, 3.8) is 0 Å². The van der Waals surface area contributed by atoms with Gasteiger partial charge in [-0.15, -0.1) is 0 Å². The Hall–Kier alpha value is -5.22. The third-order valence-corrected chi connectivity index (χ3v) is 7.86. The second-order valence-electron chi connectivity index (χ2n) is 11.7. The lowest BCUT2D eigenvalue weighted by Crippen LogP contribution is -2.51. The Bertz CT molecular complexity index is 1630. The lowest BCUT2D eigenvalue weighted by molar-refractivity contribution is -0.148. The van der Waals surface area contributed by atoms with E-state index in [4.69, 9.17) is 32.9 Å². The van der Waals surface area contributed by atoms with Crippen molar-refractivity contribution < 1.29 is 33.5 Å². The molecule has 0 bridgehead atoms. The predicted molar refractivity (Wildman–Crippen MR) is 174 cm³/mol. The number of amides is 3. The average Bonchev–Trinajstić information content (AvgIpc) is 3.54. The van der Waals surface area contributed by atoms with Gasteiger partial charge in [-0.3, -0.25) is 19.4 Å². The fraction of sp³-hybridized carbons (Fsp3) is 0.312. The Kier molecular flexibility index (Phi) is 10.7. The summed E-state index contributed by atoms with van der Waals surface area (Å²) in [5.41, 5.74) is 1.64. The maximum atomic E-state index is 13.4. The Labute approximate surface area is 272 Å². The summed E-state index contributed by atoms with van der Waals surface area (Å²) >= 11 is 0. The van der Waals surface area contributed by atoms with Gasteiger partial charge in [0.05, 0.1) is 29.4 Å². The van der Waals surface area contributed by atoms with E-state index >= 15 is 0 Å². The quantitative estimate of drug-likeness (QED) is 0.109. The standard InChI is InChI=1S/C32H40N8O7/c1-19-7-5-6-8-24(19)40(35)31(44)38(33)23-12-10-22(11-13-23)37-32(3,4)28(41)15-20(2)30(43)39(34)25(17-29(42)47-36)21-9-14-26-27(16-21)46-18-45-26/h5-14,16,20,25,37H,15,17-18,33-36H2,1-4H3/t20?,25-/m0/s1. The average molecular weight is 649 g/mol. The number of aryl methyl sites for hydroxylation is 1. The maximum absolute atomic E-state index is 13.4. The summed E-state index contributed by atoms with van der Waals surface area (Å²) in [7, 11) is 0. The molecule has 0 fully saturated rings. The summed E-state index contributed by atoms with van der Waals surface area (Å²) in [6.07, 6.45) is -0.487. The van der Waals surface area contributed by atoms with E-state index in [1.54, 1.807) is 75.4 Å². The zero-order valence-corrected chi connectivity index (χ0v) is 26.6. The summed E-state index contributed by atoms with van der Waals surface area (Å²) in [6, 6.07) is 17.0. The summed E-state index contributed by atoms with van der Waals surface area (Å²) in [5, 5.41) is 5.96. The minimum atomic E-state index is -1.10. The molecule has 4 rings (SSSR count). The van der Waals surface area contributed by atoms with Crippen LogP contribution >= 0.6 is 0 Å². The van der Waals surface area contributed by atoms with Crippen LogP contribution < -0.4 is 48.2 Å². The third kappa shape index (κ3) is 7.96. The highest BCUT2D eigenvalue weighted by atomic mass is 16.7. The third-order valence-electron chi connectivity index (χ3n) is 7.86. The highest BCUT2D eigenvalue weighted by Crippen LogP contribution is 2.36. The molecule has 2 atom stereocenters. The molecule has 15 heteroatoms. The van der Waals surface area contributed by atoms with Crippen molar-refractivity contribution in [1.82, 2.24) is 5.01 Å². The van der Waals surface area contributed by atoms with Crippen molar-refractivity contribution in [3.05, 3.63) is 77.9 Å². The molecular weight excluding hydrogens is 608 g/mol. The highest BCUT2D eigenvalue weighted by Gasteiger charge is 2.34. The first kappa shape index (κ1) is 34.6. The molecule has 3 aromatic carbocycles. The number of Topliss-reactive ketones (excluding diaryl/α,β-unsaturated/α-hetero) is 1. The molecular formula is C32H40N8O7. The van der Waals surface area contributed by atoms with Gasteiger partial charge in [0, 0.05) is 18.0 Å². The number of nitrogens with two attached hydrogens (primary N) is 4. The van der Waals surface area contributed by atoms with E-state index in [1.165, 1.54) is 0 Å². The fourth-order valence-electron chi connectivity index (χ4n) is 5.03. The smallest absolute Gasteiger partial charge is 0.357 e. The van der Waals surface area contributed by atoms with Crippen LogP contribution in [0.1, 0.15) is 50.8 Å². The fourth-order valence-corrected chi connectivity index (χ4v) is 5.03. The number of ketones is 1. The molecule has 47 heavy (non-hydrogen) atoms. The number of rotatable bonds is 12. The zero-order chi connectivity index (χ0) is 34.5. The van der Waals surface area contributed by atoms with Gasteiger partial charge in [0.1, 0.15) is 0 Å². The normalized spacial score (nSPS) is 13.3. The van der Waals surface area contributed by atoms with E-state index in [0.29, 0.717) is 34.1 Å². The largest absolute Gasteiger partial charge is 0.454 e. The summed E-state index contributed by atoms with van der Waals surface area (Å²) in [4.78, 5) is 56.2. The number of carbonyl (C=O) groups is 4. The number of ether oxygens (including phenoxy) is 2. The van der Waals surface area contributed by atoms with Crippen LogP contribution in [0.25, 0.3) is 0 Å². The summed E-state index contributed by atoms with van der Waals surface area (Å²) in [6.45, 7) is 6.81. The van der Waals surface area contributed by atoms with Crippen LogP contribution in [0.4, 0.5) is 21.9 Å². The molecule has 250 valence electrons. The molecule has 0 aromatic heterocycles. The van der Waals surface area contributed by atoms with Crippen molar-refractivity contribution in [2.24, 2.45) is 29.3 Å². The summed E-state index contributed by atoms with van der Waals surface area (Å²) in [5.74, 6) is 21.9. The van der Waals surface area contributed by atoms with Gasteiger partial charge in [-0.1, -0.05) is 31.2 Å². The van der Waals surface area contributed by atoms with Crippen molar-refractivity contribution in [3.8, 4) is 11.5 Å². The molecule has 0 saturated heterocycles. The SMILES string of the molecule is Cc1ccccc1N(N)C(=O)N(N)c1ccc(NC(C)(C)C(=O)CC(C)C(=O)N(N)[C@@H](CC(=O)ON)c2ccc3c(c2)OCO3)cc1.